The van der Waals surface area contributed by atoms with Crippen molar-refractivity contribution in [2.45, 2.75) is 57.3 Å². The fourth-order valence-electron chi connectivity index (χ4n) is 4.88. The molecule has 2 unspecified atom stereocenters. The monoisotopic (exact) mass is 390 g/mol. The van der Waals surface area contributed by atoms with E-state index in [9.17, 15) is 0 Å². The van der Waals surface area contributed by atoms with Crippen molar-refractivity contribution in [3.05, 3.63) is 60.5 Å². The molecule has 1 fully saturated rings. The molecule has 1 aromatic carbocycles. The maximum Gasteiger partial charge on any atom is 0.110 e. The molecule has 1 aromatic heterocycles. The third-order valence-corrected chi connectivity index (χ3v) is 6.47. The zero-order chi connectivity index (χ0) is 19.8. The molecule has 0 N–H and O–H groups in total. The minimum absolute atomic E-state index is 0.144. The fourth-order valence-corrected chi connectivity index (χ4v) is 4.88. The van der Waals surface area contributed by atoms with Crippen molar-refractivity contribution >= 4 is 16.6 Å². The second-order valence-corrected chi connectivity index (χ2v) is 8.62. The van der Waals surface area contributed by atoms with Gasteiger partial charge in [0.25, 0.3) is 0 Å². The fraction of sp³-hybridized carbons (Fsp3) is 0.480. The maximum absolute atomic E-state index is 6.49. The second kappa shape index (κ2) is 7.92. The predicted octanol–water partition coefficient (Wildman–Crippen LogP) is 5.25. The highest BCUT2D eigenvalue weighted by molar-refractivity contribution is 5.84. The highest BCUT2D eigenvalue weighted by Gasteiger charge is 2.25. The number of ether oxygens (including phenoxy) is 2. The summed E-state index contributed by atoms with van der Waals surface area (Å²) >= 11 is 0. The molecule has 0 spiro atoms. The van der Waals surface area contributed by atoms with Crippen LogP contribution in [0.3, 0.4) is 0 Å². The van der Waals surface area contributed by atoms with E-state index in [0.717, 1.165) is 50.8 Å². The number of imidazole rings is 1. The van der Waals surface area contributed by atoms with E-state index in [2.05, 4.69) is 60.6 Å². The summed E-state index contributed by atoms with van der Waals surface area (Å²) in [5, 5.41) is 0. The summed E-state index contributed by atoms with van der Waals surface area (Å²) in [5.41, 5.74) is 4.78. The molecule has 4 heteroatoms. The predicted molar refractivity (Wildman–Crippen MR) is 117 cm³/mol. The lowest BCUT2D eigenvalue weighted by Crippen LogP contribution is -2.28. The minimum Gasteiger partial charge on any atom is -0.381 e. The molecule has 3 aliphatic rings. The van der Waals surface area contributed by atoms with Crippen molar-refractivity contribution in [2.75, 3.05) is 13.2 Å². The molecule has 3 heterocycles. The van der Waals surface area contributed by atoms with E-state index in [0.29, 0.717) is 18.1 Å². The van der Waals surface area contributed by atoms with Gasteiger partial charge >= 0.3 is 0 Å². The van der Waals surface area contributed by atoms with Crippen molar-refractivity contribution in [1.29, 1.82) is 0 Å². The van der Waals surface area contributed by atoms with Gasteiger partial charge in [0.1, 0.15) is 5.82 Å². The normalized spacial score (nSPS) is 27.6. The number of benzene rings is 1. The van der Waals surface area contributed by atoms with Crippen LogP contribution in [0.4, 0.5) is 0 Å². The Morgan fingerprint density at radius 1 is 1.24 bits per heavy atom. The number of hydrogen-bond acceptors (Lipinski definition) is 3. The largest absolute Gasteiger partial charge is 0.381 e. The first-order valence-electron chi connectivity index (χ1n) is 11.0. The van der Waals surface area contributed by atoms with Gasteiger partial charge in [0.15, 0.2) is 0 Å². The average molecular weight is 391 g/mol. The van der Waals surface area contributed by atoms with Gasteiger partial charge < -0.3 is 14.0 Å². The number of rotatable bonds is 4. The lowest BCUT2D eigenvalue weighted by molar-refractivity contribution is -0.0569. The molecule has 2 aliphatic heterocycles. The van der Waals surface area contributed by atoms with Crippen LogP contribution in [-0.2, 0) is 15.9 Å². The molecule has 0 radical (unpaired) electrons. The number of fused-ring (bicyclic) bond motifs is 3. The van der Waals surface area contributed by atoms with Gasteiger partial charge in [-0.3, -0.25) is 0 Å². The lowest BCUT2D eigenvalue weighted by atomic mass is 10.0. The summed E-state index contributed by atoms with van der Waals surface area (Å²) in [6.07, 6.45) is 14.6. The van der Waals surface area contributed by atoms with Crippen LogP contribution in [0.2, 0.25) is 0 Å². The Hall–Kier alpha value is -2.17. The van der Waals surface area contributed by atoms with Gasteiger partial charge in [0, 0.05) is 19.6 Å². The van der Waals surface area contributed by atoms with E-state index in [4.69, 9.17) is 14.5 Å². The minimum atomic E-state index is 0.144. The summed E-state index contributed by atoms with van der Waals surface area (Å²) in [5.74, 6) is 1.68. The van der Waals surface area contributed by atoms with E-state index < -0.39 is 0 Å². The molecule has 1 aliphatic carbocycles. The van der Waals surface area contributed by atoms with Gasteiger partial charge in [-0.05, 0) is 60.9 Å². The molecule has 3 atom stereocenters. The Morgan fingerprint density at radius 3 is 2.93 bits per heavy atom. The van der Waals surface area contributed by atoms with Crippen LogP contribution in [0.1, 0.15) is 50.0 Å². The van der Waals surface area contributed by atoms with Gasteiger partial charge in [-0.25, -0.2) is 4.98 Å². The average Bonchev–Trinajstić information content (AvgIpc) is 3.24. The molecule has 4 nitrogen and oxygen atoms in total. The van der Waals surface area contributed by atoms with Crippen molar-refractivity contribution in [3.8, 4) is 0 Å². The number of hydrogen-bond donors (Lipinski definition) is 0. The second-order valence-electron chi connectivity index (χ2n) is 8.62. The molecule has 5 rings (SSSR count). The Labute approximate surface area is 172 Å². The van der Waals surface area contributed by atoms with E-state index in [1.54, 1.807) is 0 Å². The first-order chi connectivity index (χ1) is 14.2. The number of allylic oxidation sites excluding steroid dienone is 4. The van der Waals surface area contributed by atoms with Crippen LogP contribution < -0.4 is 0 Å². The van der Waals surface area contributed by atoms with Crippen LogP contribution in [0, 0.1) is 5.92 Å². The smallest absolute Gasteiger partial charge is 0.110 e. The zero-order valence-electron chi connectivity index (χ0n) is 17.2. The highest BCUT2D eigenvalue weighted by atomic mass is 16.5. The van der Waals surface area contributed by atoms with Crippen molar-refractivity contribution < 1.29 is 9.47 Å². The molecule has 0 bridgehead atoms. The zero-order valence-corrected chi connectivity index (χ0v) is 17.2. The van der Waals surface area contributed by atoms with E-state index in [1.807, 2.05) is 0 Å². The third-order valence-electron chi connectivity index (χ3n) is 6.47. The Balaban J connectivity index is 1.48. The van der Waals surface area contributed by atoms with Crippen LogP contribution in [0.15, 0.2) is 49.1 Å². The van der Waals surface area contributed by atoms with Crippen LogP contribution in [-0.4, -0.2) is 35.0 Å². The van der Waals surface area contributed by atoms with E-state index in [-0.39, 0.29) is 6.10 Å². The van der Waals surface area contributed by atoms with Crippen LogP contribution in [0.5, 0.6) is 0 Å². The number of aryl methyl sites for hydroxylation is 1. The summed E-state index contributed by atoms with van der Waals surface area (Å²) in [4.78, 5) is 4.84. The summed E-state index contributed by atoms with van der Waals surface area (Å²) in [7, 11) is 0. The molecule has 1 saturated heterocycles. The van der Waals surface area contributed by atoms with Gasteiger partial charge in [0.05, 0.1) is 29.3 Å². The van der Waals surface area contributed by atoms with Gasteiger partial charge in [-0.1, -0.05) is 31.2 Å². The highest BCUT2D eigenvalue weighted by Crippen LogP contribution is 2.34. The SMILES string of the molecule is C=C[C@H]1CCc2nc3ccc(C4=CC(OC5CCOCC5)CC(C)C=C4)cc3n21. The molecule has 152 valence electrons. The molecule has 2 aromatic rings. The molecular weight excluding hydrogens is 360 g/mol. The van der Waals surface area contributed by atoms with E-state index >= 15 is 0 Å². The summed E-state index contributed by atoms with van der Waals surface area (Å²) in [6.45, 7) is 7.93. The van der Waals surface area contributed by atoms with Crippen molar-refractivity contribution in [2.24, 2.45) is 5.92 Å². The standard InChI is InChI=1S/C25H30N2O2/c1-3-20-7-9-25-26-23-8-6-19(16-24(23)27(20)25)18-5-4-17(2)14-22(15-18)29-21-10-12-28-13-11-21/h3-6,8,15-17,20-22H,1,7,9-14H2,2H3/t17?,20-,22?/m0/s1. The third kappa shape index (κ3) is 3.72. The van der Waals surface area contributed by atoms with Crippen molar-refractivity contribution in [3.63, 3.8) is 0 Å². The molecule has 29 heavy (non-hydrogen) atoms. The maximum atomic E-state index is 6.49. The van der Waals surface area contributed by atoms with E-state index in [1.165, 1.54) is 22.5 Å². The van der Waals surface area contributed by atoms with Crippen LogP contribution in [0.25, 0.3) is 16.6 Å². The number of nitrogens with zero attached hydrogens (tertiary/aromatic N) is 2. The quantitative estimate of drug-likeness (QED) is 0.669. The Kier molecular flexibility index (Phi) is 5.15. The van der Waals surface area contributed by atoms with Gasteiger partial charge in [0.2, 0.25) is 0 Å². The van der Waals surface area contributed by atoms with Crippen LogP contribution >= 0.6 is 0 Å². The topological polar surface area (TPSA) is 36.3 Å². The lowest BCUT2D eigenvalue weighted by Gasteiger charge is -2.27. The molecule has 0 saturated carbocycles. The molecular formula is C25H30N2O2. The summed E-state index contributed by atoms with van der Waals surface area (Å²) < 4.78 is 14.3. The number of aromatic nitrogens is 2. The summed E-state index contributed by atoms with van der Waals surface area (Å²) in [6, 6.07) is 7.01. The Bertz CT molecular complexity index is 965. The van der Waals surface area contributed by atoms with Gasteiger partial charge in [-0.2, -0.15) is 0 Å². The molecule has 0 amide bonds. The van der Waals surface area contributed by atoms with Crippen molar-refractivity contribution in [1.82, 2.24) is 9.55 Å². The van der Waals surface area contributed by atoms with Gasteiger partial charge in [-0.15, -0.1) is 6.58 Å². The first kappa shape index (κ1) is 18.8. The first-order valence-corrected chi connectivity index (χ1v) is 11.0. The Morgan fingerprint density at radius 2 is 2.10 bits per heavy atom.